The molecule has 15 heavy (non-hydrogen) atoms. The average molecular weight is 235 g/mol. The van der Waals surface area contributed by atoms with E-state index in [1.54, 1.807) is 0 Å². The highest BCUT2D eigenvalue weighted by Crippen LogP contribution is 1.68. The number of rotatable bonds is 3. The maximum Gasteiger partial charge on any atom is 0.216 e. The molecule has 0 unspecified atom stereocenters. The topological polar surface area (TPSA) is 67.2 Å². The summed E-state index contributed by atoms with van der Waals surface area (Å²) in [5.74, 6) is 0.0125. The van der Waals surface area contributed by atoms with E-state index in [4.69, 9.17) is 5.73 Å². The maximum atomic E-state index is 10.2. The highest BCUT2D eigenvalue weighted by Gasteiger charge is 1.85. The van der Waals surface area contributed by atoms with Gasteiger partial charge in [0.25, 0.3) is 0 Å². The molecule has 0 rings (SSSR count). The van der Waals surface area contributed by atoms with E-state index in [-0.39, 0.29) is 5.91 Å². The molecule has 1 amide bonds. The zero-order chi connectivity index (χ0) is 12.7. The van der Waals surface area contributed by atoms with Crippen LogP contribution >= 0.6 is 12.2 Å². The van der Waals surface area contributed by atoms with Gasteiger partial charge in [-0.1, -0.05) is 26.1 Å². The van der Waals surface area contributed by atoms with E-state index in [1.165, 1.54) is 6.92 Å². The molecule has 0 aliphatic carbocycles. The van der Waals surface area contributed by atoms with Gasteiger partial charge in [0.2, 0.25) is 5.91 Å². The summed E-state index contributed by atoms with van der Waals surface area (Å²) in [6.45, 7) is 8.68. The molecule has 0 bridgehead atoms. The van der Waals surface area contributed by atoms with E-state index < -0.39 is 0 Å². The Labute approximate surface area is 99.0 Å². The first kappa shape index (κ1) is 19.8. The molecule has 4 N–H and O–H groups in total. The van der Waals surface area contributed by atoms with Gasteiger partial charge in [0.05, 0.1) is 4.99 Å². The van der Waals surface area contributed by atoms with Gasteiger partial charge in [0.1, 0.15) is 0 Å². The van der Waals surface area contributed by atoms with E-state index >= 15 is 0 Å². The molecule has 5 heteroatoms. The minimum absolute atomic E-state index is 0.0125. The Kier molecular flexibility index (Phi) is 25.1. The fourth-order valence-electron chi connectivity index (χ4n) is 0.366. The molecule has 4 nitrogen and oxygen atoms in total. The van der Waals surface area contributed by atoms with Gasteiger partial charge >= 0.3 is 0 Å². The lowest BCUT2D eigenvalue weighted by Gasteiger charge is -1.96. The van der Waals surface area contributed by atoms with E-state index in [2.05, 4.69) is 22.9 Å². The SMILES string of the molecule is CC.CC(=O)NCCCN.CNC(C)=S. The first-order chi connectivity index (χ1) is 7.04. The predicted molar refractivity (Wildman–Crippen MR) is 71.0 cm³/mol. The molecule has 0 aromatic rings. The molecule has 0 fully saturated rings. The second-order valence-corrected chi connectivity index (χ2v) is 3.04. The fraction of sp³-hybridized carbons (Fsp3) is 0.800. The van der Waals surface area contributed by atoms with Crippen molar-refractivity contribution < 1.29 is 4.79 Å². The van der Waals surface area contributed by atoms with Gasteiger partial charge in [0.15, 0.2) is 0 Å². The summed E-state index contributed by atoms with van der Waals surface area (Å²) >= 11 is 4.59. The molecular formula is C10H25N3OS. The van der Waals surface area contributed by atoms with Gasteiger partial charge in [0, 0.05) is 20.5 Å². The summed E-state index contributed by atoms with van der Waals surface area (Å²) in [7, 11) is 1.81. The number of amides is 1. The van der Waals surface area contributed by atoms with E-state index in [0.29, 0.717) is 13.1 Å². The fourth-order valence-corrected chi connectivity index (χ4v) is 0.366. The summed E-state index contributed by atoms with van der Waals surface area (Å²) in [6.07, 6.45) is 0.861. The molecular weight excluding hydrogens is 210 g/mol. The number of thiocarbonyl (C=S) groups is 1. The van der Waals surface area contributed by atoms with Gasteiger partial charge in [-0.25, -0.2) is 0 Å². The second-order valence-electron chi connectivity index (χ2n) is 2.43. The highest BCUT2D eigenvalue weighted by molar-refractivity contribution is 7.80. The Hall–Kier alpha value is -0.680. The van der Waals surface area contributed by atoms with E-state index in [9.17, 15) is 4.79 Å². The summed E-state index contributed by atoms with van der Waals surface area (Å²) in [4.78, 5) is 11.0. The number of carbonyl (C=O) groups excluding carboxylic acids is 1. The molecule has 0 heterocycles. The number of nitrogens with two attached hydrogens (primary N) is 1. The van der Waals surface area contributed by atoms with Crippen molar-refractivity contribution >= 4 is 23.1 Å². The van der Waals surface area contributed by atoms with Crippen molar-refractivity contribution in [1.29, 1.82) is 0 Å². The monoisotopic (exact) mass is 235 g/mol. The molecule has 0 aliphatic rings. The summed E-state index contributed by atoms with van der Waals surface area (Å²) < 4.78 is 0. The molecule has 92 valence electrons. The van der Waals surface area contributed by atoms with Crippen molar-refractivity contribution in [1.82, 2.24) is 10.6 Å². The summed E-state index contributed by atoms with van der Waals surface area (Å²) in [5, 5.41) is 5.39. The van der Waals surface area contributed by atoms with Crippen LogP contribution in [0.4, 0.5) is 0 Å². The van der Waals surface area contributed by atoms with Crippen LogP contribution in [0, 0.1) is 0 Å². The molecule has 0 aliphatic heterocycles. The normalized spacial score (nSPS) is 7.33. The highest BCUT2D eigenvalue weighted by atomic mass is 32.1. The van der Waals surface area contributed by atoms with Crippen molar-refractivity contribution in [2.45, 2.75) is 34.1 Å². The van der Waals surface area contributed by atoms with E-state index in [1.807, 2.05) is 27.8 Å². The Morgan fingerprint density at radius 1 is 1.33 bits per heavy atom. The van der Waals surface area contributed by atoms with Crippen LogP contribution in [0.2, 0.25) is 0 Å². The maximum absolute atomic E-state index is 10.2. The van der Waals surface area contributed by atoms with Crippen LogP contribution in [-0.4, -0.2) is 31.0 Å². The van der Waals surface area contributed by atoms with Gasteiger partial charge < -0.3 is 16.4 Å². The minimum atomic E-state index is 0.0125. The average Bonchev–Trinajstić information content (AvgIpc) is 2.21. The van der Waals surface area contributed by atoms with Crippen LogP contribution in [0.5, 0.6) is 0 Å². The van der Waals surface area contributed by atoms with Crippen molar-refractivity contribution in [2.24, 2.45) is 5.73 Å². The number of nitrogens with one attached hydrogen (secondary N) is 2. The van der Waals surface area contributed by atoms with Gasteiger partial charge in [-0.3, -0.25) is 4.79 Å². The lowest BCUT2D eigenvalue weighted by atomic mass is 10.4. The quantitative estimate of drug-likeness (QED) is 0.505. The Bertz CT molecular complexity index is 152. The van der Waals surface area contributed by atoms with Crippen molar-refractivity contribution in [2.75, 3.05) is 20.1 Å². The molecule has 0 saturated carbocycles. The molecule has 0 saturated heterocycles. The summed E-state index contributed by atoms with van der Waals surface area (Å²) in [5.41, 5.74) is 5.16. The zero-order valence-electron chi connectivity index (χ0n) is 10.5. The predicted octanol–water partition coefficient (Wildman–Crippen LogP) is 1.05. The van der Waals surface area contributed by atoms with Crippen molar-refractivity contribution in [3.8, 4) is 0 Å². The number of hydrogen-bond acceptors (Lipinski definition) is 3. The van der Waals surface area contributed by atoms with Gasteiger partial charge in [-0.15, -0.1) is 0 Å². The second kappa shape index (κ2) is 19.0. The number of carbonyl (C=O) groups is 1. The molecule has 0 radical (unpaired) electrons. The molecule has 0 aromatic heterocycles. The zero-order valence-corrected chi connectivity index (χ0v) is 11.3. The third-order valence-electron chi connectivity index (χ3n) is 1.11. The Morgan fingerprint density at radius 2 is 1.73 bits per heavy atom. The van der Waals surface area contributed by atoms with Crippen LogP contribution in [0.3, 0.4) is 0 Å². The molecule has 0 aromatic carbocycles. The minimum Gasteiger partial charge on any atom is -0.383 e. The molecule has 0 spiro atoms. The van der Waals surface area contributed by atoms with Crippen LogP contribution in [0.15, 0.2) is 0 Å². The molecule has 0 atom stereocenters. The third-order valence-corrected chi connectivity index (χ3v) is 1.31. The van der Waals surface area contributed by atoms with Crippen molar-refractivity contribution in [3.05, 3.63) is 0 Å². The Morgan fingerprint density at radius 3 is 1.93 bits per heavy atom. The van der Waals surface area contributed by atoms with Crippen LogP contribution in [0.1, 0.15) is 34.1 Å². The number of hydrogen-bond donors (Lipinski definition) is 3. The first-order valence-corrected chi connectivity index (χ1v) is 5.58. The van der Waals surface area contributed by atoms with Crippen LogP contribution < -0.4 is 16.4 Å². The van der Waals surface area contributed by atoms with Crippen LogP contribution in [0.25, 0.3) is 0 Å². The summed E-state index contributed by atoms with van der Waals surface area (Å²) in [6, 6.07) is 0. The van der Waals surface area contributed by atoms with Gasteiger partial charge in [-0.2, -0.15) is 0 Å². The standard InChI is InChI=1S/C5H12N2O.C3H7NS.C2H6/c1-5(8)7-4-2-3-6;1-3(5)4-2;1-2/h2-4,6H2,1H3,(H,7,8);1-2H3,(H,4,5);1-2H3. The van der Waals surface area contributed by atoms with E-state index in [0.717, 1.165) is 11.4 Å². The first-order valence-electron chi connectivity index (χ1n) is 5.17. The van der Waals surface area contributed by atoms with Crippen molar-refractivity contribution in [3.63, 3.8) is 0 Å². The Balaban J connectivity index is -0.000000177. The van der Waals surface area contributed by atoms with Crippen LogP contribution in [-0.2, 0) is 4.79 Å². The lowest BCUT2D eigenvalue weighted by Crippen LogP contribution is -2.22. The van der Waals surface area contributed by atoms with Gasteiger partial charge in [-0.05, 0) is 19.9 Å². The lowest BCUT2D eigenvalue weighted by molar-refractivity contribution is -0.118. The largest absolute Gasteiger partial charge is 0.383 e. The smallest absolute Gasteiger partial charge is 0.216 e. The third kappa shape index (κ3) is 42.7.